The summed E-state index contributed by atoms with van der Waals surface area (Å²) < 4.78 is 0. The number of para-hydroxylation sites is 1. The molecular weight excluding hydrogens is 330 g/mol. The number of nitriles is 1. The number of carbonyl (C=O) groups is 1. The molecule has 1 N–H and O–H groups in total. The molecule has 0 radical (unpaired) electrons. The molecule has 0 aliphatic rings. The van der Waals surface area contributed by atoms with Crippen LogP contribution in [-0.2, 0) is 11.2 Å². The number of nitrogens with one attached hydrogen (secondary N) is 1. The lowest BCUT2D eigenvalue weighted by atomic mass is 10.1. The van der Waals surface area contributed by atoms with E-state index < -0.39 is 10.8 Å². The third-order valence-electron chi connectivity index (χ3n) is 3.58. The fourth-order valence-electron chi connectivity index (χ4n) is 2.27. The first-order chi connectivity index (χ1) is 12.6. The van der Waals surface area contributed by atoms with Crippen molar-refractivity contribution >= 4 is 17.7 Å². The molecular formula is C20H17N3O3. The first-order valence-electron chi connectivity index (χ1n) is 7.96. The number of hydrogen-bond acceptors (Lipinski definition) is 4. The van der Waals surface area contributed by atoms with E-state index >= 15 is 0 Å². The molecule has 0 spiro atoms. The van der Waals surface area contributed by atoms with Crippen molar-refractivity contribution < 1.29 is 9.72 Å². The van der Waals surface area contributed by atoms with Crippen molar-refractivity contribution in [2.75, 3.05) is 6.54 Å². The van der Waals surface area contributed by atoms with Crippen LogP contribution in [0.15, 0.2) is 72.3 Å². The summed E-state index contributed by atoms with van der Waals surface area (Å²) in [6.07, 6.45) is 4.95. The molecule has 0 unspecified atom stereocenters. The zero-order chi connectivity index (χ0) is 18.8. The van der Waals surface area contributed by atoms with Crippen LogP contribution in [0.3, 0.4) is 0 Å². The van der Waals surface area contributed by atoms with Crippen LogP contribution in [-0.4, -0.2) is 17.4 Å². The van der Waals surface area contributed by atoms with Gasteiger partial charge in [0.1, 0.15) is 11.6 Å². The standard InChI is InChI=1S/C20H17N3O3/c21-15-18(20(24)22-14-13-16-7-2-1-3-8-16)11-6-10-17-9-4-5-12-19(17)23(25)26/h1-12H,13-14H2,(H,22,24)/b10-6+,18-11+. The maximum absolute atomic E-state index is 12.0. The van der Waals surface area contributed by atoms with Gasteiger partial charge < -0.3 is 5.32 Å². The third-order valence-corrected chi connectivity index (χ3v) is 3.58. The molecule has 0 fully saturated rings. The Morgan fingerprint density at radius 3 is 2.54 bits per heavy atom. The van der Waals surface area contributed by atoms with Crippen molar-refractivity contribution in [3.05, 3.63) is 93.6 Å². The number of hydrogen-bond donors (Lipinski definition) is 1. The highest BCUT2D eigenvalue weighted by Gasteiger charge is 2.10. The highest BCUT2D eigenvalue weighted by atomic mass is 16.6. The molecule has 0 heterocycles. The minimum absolute atomic E-state index is 0.0389. The Hall–Kier alpha value is -3.72. The first-order valence-corrected chi connectivity index (χ1v) is 7.96. The fraction of sp³-hybridized carbons (Fsp3) is 0.100. The summed E-state index contributed by atoms with van der Waals surface area (Å²) in [5.74, 6) is -0.476. The molecule has 6 heteroatoms. The number of allylic oxidation sites excluding steroid dienone is 2. The van der Waals surface area contributed by atoms with Gasteiger partial charge in [0.25, 0.3) is 11.6 Å². The zero-order valence-corrected chi connectivity index (χ0v) is 14.0. The Morgan fingerprint density at radius 2 is 1.85 bits per heavy atom. The summed E-state index contributed by atoms with van der Waals surface area (Å²) in [6.45, 7) is 0.412. The molecule has 130 valence electrons. The number of carbonyl (C=O) groups excluding carboxylic acids is 1. The predicted molar refractivity (Wildman–Crippen MR) is 99.0 cm³/mol. The minimum atomic E-state index is -0.481. The second-order valence-electron chi connectivity index (χ2n) is 5.36. The van der Waals surface area contributed by atoms with Crippen LogP contribution in [0.5, 0.6) is 0 Å². The van der Waals surface area contributed by atoms with Crippen LogP contribution in [0.2, 0.25) is 0 Å². The molecule has 2 aromatic rings. The van der Waals surface area contributed by atoms with Crippen LogP contribution >= 0.6 is 0 Å². The van der Waals surface area contributed by atoms with Gasteiger partial charge in [-0.1, -0.05) is 48.5 Å². The van der Waals surface area contributed by atoms with E-state index in [1.54, 1.807) is 18.2 Å². The molecule has 0 aliphatic carbocycles. The van der Waals surface area contributed by atoms with Gasteiger partial charge >= 0.3 is 0 Å². The SMILES string of the molecule is N#C/C(=C\C=C\c1ccccc1[N+](=O)[O-])C(=O)NCCc1ccccc1. The van der Waals surface area contributed by atoms with Crippen molar-refractivity contribution in [3.8, 4) is 6.07 Å². The fourth-order valence-corrected chi connectivity index (χ4v) is 2.27. The van der Waals surface area contributed by atoms with Gasteiger partial charge in [-0.2, -0.15) is 5.26 Å². The van der Waals surface area contributed by atoms with E-state index in [2.05, 4.69) is 5.32 Å². The molecule has 2 rings (SSSR count). The monoisotopic (exact) mass is 347 g/mol. The van der Waals surface area contributed by atoms with Crippen molar-refractivity contribution in [2.45, 2.75) is 6.42 Å². The molecule has 26 heavy (non-hydrogen) atoms. The van der Waals surface area contributed by atoms with E-state index in [-0.39, 0.29) is 11.3 Å². The van der Waals surface area contributed by atoms with Crippen molar-refractivity contribution in [2.24, 2.45) is 0 Å². The summed E-state index contributed by atoms with van der Waals surface area (Å²) >= 11 is 0. The van der Waals surface area contributed by atoms with E-state index in [9.17, 15) is 14.9 Å². The summed E-state index contributed by atoms with van der Waals surface area (Å²) in [7, 11) is 0. The summed E-state index contributed by atoms with van der Waals surface area (Å²) in [5, 5.41) is 22.8. The molecule has 0 aromatic heterocycles. The van der Waals surface area contributed by atoms with Gasteiger partial charge in [0, 0.05) is 12.6 Å². The van der Waals surface area contributed by atoms with Crippen LogP contribution in [0.4, 0.5) is 5.69 Å². The topological polar surface area (TPSA) is 96.0 Å². The number of nitro groups is 1. The van der Waals surface area contributed by atoms with Gasteiger partial charge in [-0.05, 0) is 30.2 Å². The van der Waals surface area contributed by atoms with Gasteiger partial charge in [-0.3, -0.25) is 14.9 Å². The molecule has 0 bridgehead atoms. The Bertz CT molecular complexity index is 881. The van der Waals surface area contributed by atoms with E-state index in [0.717, 1.165) is 5.56 Å². The lowest BCUT2D eigenvalue weighted by Gasteiger charge is -2.04. The van der Waals surface area contributed by atoms with Gasteiger partial charge in [0.2, 0.25) is 0 Å². The Labute approximate surface area is 151 Å². The van der Waals surface area contributed by atoms with Crippen LogP contribution in [0.1, 0.15) is 11.1 Å². The van der Waals surface area contributed by atoms with Crippen molar-refractivity contribution in [1.29, 1.82) is 5.26 Å². The average Bonchev–Trinajstić information content (AvgIpc) is 2.66. The third kappa shape index (κ3) is 5.42. The molecule has 6 nitrogen and oxygen atoms in total. The number of amides is 1. The van der Waals surface area contributed by atoms with Crippen molar-refractivity contribution in [1.82, 2.24) is 5.32 Å². The molecule has 0 saturated carbocycles. The second-order valence-corrected chi connectivity index (χ2v) is 5.36. The lowest BCUT2D eigenvalue weighted by Crippen LogP contribution is -2.26. The molecule has 2 aromatic carbocycles. The number of nitrogens with zero attached hydrogens (tertiary/aromatic N) is 2. The summed E-state index contributed by atoms with van der Waals surface area (Å²) in [5.41, 5.74) is 1.39. The van der Waals surface area contributed by atoms with Crippen molar-refractivity contribution in [3.63, 3.8) is 0 Å². The largest absolute Gasteiger partial charge is 0.351 e. The number of benzene rings is 2. The second kappa shape index (κ2) is 9.55. The highest BCUT2D eigenvalue weighted by molar-refractivity contribution is 5.97. The van der Waals surface area contributed by atoms with Gasteiger partial charge in [0.05, 0.1) is 10.5 Å². The van der Waals surface area contributed by atoms with Gasteiger partial charge in [-0.15, -0.1) is 0 Å². The van der Waals surface area contributed by atoms with E-state index in [4.69, 9.17) is 5.26 Å². The molecule has 0 atom stereocenters. The minimum Gasteiger partial charge on any atom is -0.351 e. The number of rotatable bonds is 7. The van der Waals surface area contributed by atoms with E-state index in [1.807, 2.05) is 36.4 Å². The Kier molecular flexibility index (Phi) is 6.83. The van der Waals surface area contributed by atoms with E-state index in [0.29, 0.717) is 18.5 Å². The maximum Gasteiger partial charge on any atom is 0.276 e. The van der Waals surface area contributed by atoms with Gasteiger partial charge in [0.15, 0.2) is 0 Å². The highest BCUT2D eigenvalue weighted by Crippen LogP contribution is 2.19. The maximum atomic E-state index is 12.0. The van der Waals surface area contributed by atoms with E-state index in [1.165, 1.54) is 24.3 Å². The first kappa shape index (κ1) is 18.6. The average molecular weight is 347 g/mol. The van der Waals surface area contributed by atoms with Crippen LogP contribution < -0.4 is 5.32 Å². The predicted octanol–water partition coefficient (Wildman–Crippen LogP) is 3.42. The quantitative estimate of drug-likeness (QED) is 0.273. The molecule has 1 amide bonds. The number of nitro benzene ring substituents is 1. The summed E-state index contributed by atoms with van der Waals surface area (Å²) in [6, 6.07) is 17.8. The Morgan fingerprint density at radius 1 is 1.15 bits per heavy atom. The van der Waals surface area contributed by atoms with Gasteiger partial charge in [-0.25, -0.2) is 0 Å². The summed E-state index contributed by atoms with van der Waals surface area (Å²) in [4.78, 5) is 22.5. The Balaban J connectivity index is 1.98. The normalized spacial score (nSPS) is 11.1. The zero-order valence-electron chi connectivity index (χ0n) is 14.0. The van der Waals surface area contributed by atoms with Crippen LogP contribution in [0.25, 0.3) is 6.08 Å². The lowest BCUT2D eigenvalue weighted by molar-refractivity contribution is -0.385. The smallest absolute Gasteiger partial charge is 0.276 e. The molecule has 0 saturated heterocycles. The molecule has 0 aliphatic heterocycles. The van der Waals surface area contributed by atoms with Crippen LogP contribution in [0, 0.1) is 21.4 Å².